The van der Waals surface area contributed by atoms with Crippen molar-refractivity contribution in [2.45, 2.75) is 20.4 Å². The van der Waals surface area contributed by atoms with Gasteiger partial charge in [0.05, 0.1) is 0 Å². The summed E-state index contributed by atoms with van der Waals surface area (Å²) in [4.78, 5) is 14.3. The lowest BCUT2D eigenvalue weighted by atomic mass is 10.2. The van der Waals surface area contributed by atoms with Crippen LogP contribution in [0.1, 0.15) is 18.1 Å². The molecule has 0 saturated carbocycles. The van der Waals surface area contributed by atoms with Crippen LogP contribution in [0.4, 0.5) is 10.5 Å². The second-order valence-electron chi connectivity index (χ2n) is 5.89. The highest BCUT2D eigenvalue weighted by Crippen LogP contribution is 2.31. The van der Waals surface area contributed by atoms with Gasteiger partial charge in [-0.25, -0.2) is 4.79 Å². The molecule has 3 rings (SSSR count). The summed E-state index contributed by atoms with van der Waals surface area (Å²) in [5.74, 6) is 1.47. The van der Waals surface area contributed by atoms with Crippen LogP contribution in [0.3, 0.4) is 0 Å². The van der Waals surface area contributed by atoms with Gasteiger partial charge in [0.15, 0.2) is 11.5 Å². The van der Waals surface area contributed by atoms with Crippen LogP contribution in [0.15, 0.2) is 36.4 Å². The van der Waals surface area contributed by atoms with Crippen LogP contribution in [0.2, 0.25) is 5.02 Å². The Hall–Kier alpha value is -2.40. The SMILES string of the molecule is CCN(Cc1ccc2c(c1)OCCO2)C(=O)Nc1ccc(C)c(Cl)c1. The van der Waals surface area contributed by atoms with Gasteiger partial charge in [0.25, 0.3) is 0 Å². The molecule has 0 aromatic heterocycles. The molecule has 1 N–H and O–H groups in total. The Bertz CT molecular complexity index is 779. The van der Waals surface area contributed by atoms with E-state index < -0.39 is 0 Å². The van der Waals surface area contributed by atoms with Gasteiger partial charge in [0, 0.05) is 23.8 Å². The van der Waals surface area contributed by atoms with Gasteiger partial charge >= 0.3 is 6.03 Å². The standard InChI is InChI=1S/C19H21ClN2O3/c1-3-22(19(23)21-15-6-4-13(2)16(20)11-15)12-14-5-7-17-18(10-14)25-9-8-24-17/h4-7,10-11H,3,8-9,12H2,1-2H3,(H,21,23). The molecule has 0 atom stereocenters. The number of urea groups is 1. The number of nitrogens with one attached hydrogen (secondary N) is 1. The van der Waals surface area contributed by atoms with E-state index in [9.17, 15) is 4.79 Å². The first-order valence-corrected chi connectivity index (χ1v) is 8.65. The molecule has 5 nitrogen and oxygen atoms in total. The number of hydrogen-bond donors (Lipinski definition) is 1. The fraction of sp³-hybridized carbons (Fsp3) is 0.316. The summed E-state index contributed by atoms with van der Waals surface area (Å²) in [6.07, 6.45) is 0. The summed E-state index contributed by atoms with van der Waals surface area (Å²) >= 11 is 6.12. The Morgan fingerprint density at radius 3 is 2.64 bits per heavy atom. The van der Waals surface area contributed by atoms with E-state index in [4.69, 9.17) is 21.1 Å². The van der Waals surface area contributed by atoms with Crippen LogP contribution in [0, 0.1) is 6.92 Å². The topological polar surface area (TPSA) is 50.8 Å². The molecule has 1 aliphatic rings. The minimum atomic E-state index is -0.169. The van der Waals surface area contributed by atoms with Crippen molar-refractivity contribution in [3.8, 4) is 11.5 Å². The van der Waals surface area contributed by atoms with E-state index in [0.717, 1.165) is 22.6 Å². The van der Waals surface area contributed by atoms with Crippen LogP contribution in [-0.2, 0) is 6.54 Å². The van der Waals surface area contributed by atoms with E-state index in [0.29, 0.717) is 37.0 Å². The minimum absolute atomic E-state index is 0.169. The molecule has 1 heterocycles. The van der Waals surface area contributed by atoms with Gasteiger partial charge in [-0.05, 0) is 49.2 Å². The van der Waals surface area contributed by atoms with Crippen LogP contribution < -0.4 is 14.8 Å². The Labute approximate surface area is 152 Å². The van der Waals surface area contributed by atoms with Crippen molar-refractivity contribution in [1.82, 2.24) is 4.90 Å². The largest absolute Gasteiger partial charge is 0.486 e. The lowest BCUT2D eigenvalue weighted by molar-refractivity contribution is 0.171. The van der Waals surface area contributed by atoms with Gasteiger partial charge in [-0.15, -0.1) is 0 Å². The highest BCUT2D eigenvalue weighted by molar-refractivity contribution is 6.31. The number of carbonyl (C=O) groups is 1. The number of hydrogen-bond acceptors (Lipinski definition) is 3. The van der Waals surface area contributed by atoms with Crippen LogP contribution in [0.25, 0.3) is 0 Å². The second kappa shape index (κ2) is 7.66. The summed E-state index contributed by atoms with van der Waals surface area (Å²) in [6, 6.07) is 11.1. The summed E-state index contributed by atoms with van der Waals surface area (Å²) in [7, 11) is 0. The van der Waals surface area contributed by atoms with Crippen molar-refractivity contribution in [2.75, 3.05) is 25.1 Å². The van der Waals surface area contributed by atoms with Crippen molar-refractivity contribution in [3.05, 3.63) is 52.5 Å². The molecular weight excluding hydrogens is 340 g/mol. The Kier molecular flexibility index (Phi) is 5.34. The first-order chi connectivity index (χ1) is 12.1. The monoisotopic (exact) mass is 360 g/mol. The lowest BCUT2D eigenvalue weighted by Gasteiger charge is -2.23. The number of carbonyl (C=O) groups excluding carboxylic acids is 1. The van der Waals surface area contributed by atoms with E-state index in [-0.39, 0.29) is 6.03 Å². The molecule has 0 radical (unpaired) electrons. The highest BCUT2D eigenvalue weighted by Gasteiger charge is 2.16. The van der Waals surface area contributed by atoms with Gasteiger partial charge < -0.3 is 19.7 Å². The molecule has 0 fully saturated rings. The van der Waals surface area contributed by atoms with E-state index in [1.807, 2.05) is 44.2 Å². The molecule has 6 heteroatoms. The number of halogens is 1. The third-order valence-electron chi connectivity index (χ3n) is 4.07. The molecule has 2 amide bonds. The molecule has 0 bridgehead atoms. The lowest BCUT2D eigenvalue weighted by Crippen LogP contribution is -2.34. The Balaban J connectivity index is 1.69. The molecule has 0 spiro atoms. The summed E-state index contributed by atoms with van der Waals surface area (Å²) in [5, 5.41) is 3.52. The summed E-state index contributed by atoms with van der Waals surface area (Å²) in [6.45, 7) is 6.05. The van der Waals surface area contributed by atoms with Crippen molar-refractivity contribution in [2.24, 2.45) is 0 Å². The molecular formula is C19H21ClN2O3. The fourth-order valence-corrected chi connectivity index (χ4v) is 2.79. The predicted molar refractivity (Wildman–Crippen MR) is 98.7 cm³/mol. The van der Waals surface area contributed by atoms with Crippen LogP contribution in [-0.4, -0.2) is 30.7 Å². The van der Waals surface area contributed by atoms with E-state index >= 15 is 0 Å². The molecule has 132 valence electrons. The third kappa shape index (κ3) is 4.17. The predicted octanol–water partition coefficient (Wildman–Crippen LogP) is 4.47. The minimum Gasteiger partial charge on any atom is -0.486 e. The van der Waals surface area contributed by atoms with Crippen molar-refractivity contribution < 1.29 is 14.3 Å². The molecule has 0 saturated heterocycles. The maximum Gasteiger partial charge on any atom is 0.322 e. The molecule has 2 aromatic rings. The zero-order valence-electron chi connectivity index (χ0n) is 14.3. The van der Waals surface area contributed by atoms with E-state index in [1.54, 1.807) is 11.0 Å². The number of ether oxygens (including phenoxy) is 2. The number of nitrogens with zero attached hydrogens (tertiary/aromatic N) is 1. The van der Waals surface area contributed by atoms with Crippen molar-refractivity contribution in [1.29, 1.82) is 0 Å². The number of amides is 2. The average molecular weight is 361 g/mol. The van der Waals surface area contributed by atoms with Gasteiger partial charge in [-0.2, -0.15) is 0 Å². The first kappa shape index (κ1) is 17.4. The maximum atomic E-state index is 12.5. The zero-order valence-corrected chi connectivity index (χ0v) is 15.1. The van der Waals surface area contributed by atoms with Crippen molar-refractivity contribution >= 4 is 23.3 Å². The Morgan fingerprint density at radius 2 is 1.92 bits per heavy atom. The van der Waals surface area contributed by atoms with Crippen molar-refractivity contribution in [3.63, 3.8) is 0 Å². The smallest absolute Gasteiger partial charge is 0.322 e. The van der Waals surface area contributed by atoms with Crippen LogP contribution >= 0.6 is 11.6 Å². The van der Waals surface area contributed by atoms with Crippen LogP contribution in [0.5, 0.6) is 11.5 Å². The quantitative estimate of drug-likeness (QED) is 0.874. The highest BCUT2D eigenvalue weighted by atomic mass is 35.5. The number of anilines is 1. The summed E-state index contributed by atoms with van der Waals surface area (Å²) < 4.78 is 11.1. The van der Waals surface area contributed by atoms with Gasteiger partial charge in [-0.3, -0.25) is 0 Å². The first-order valence-electron chi connectivity index (χ1n) is 8.27. The second-order valence-corrected chi connectivity index (χ2v) is 6.29. The Morgan fingerprint density at radius 1 is 1.16 bits per heavy atom. The fourth-order valence-electron chi connectivity index (χ4n) is 2.61. The maximum absolute atomic E-state index is 12.5. The number of fused-ring (bicyclic) bond motifs is 1. The number of aryl methyl sites for hydroxylation is 1. The molecule has 2 aromatic carbocycles. The molecule has 25 heavy (non-hydrogen) atoms. The average Bonchev–Trinajstić information content (AvgIpc) is 2.62. The molecule has 0 unspecified atom stereocenters. The number of rotatable bonds is 4. The zero-order chi connectivity index (χ0) is 17.8. The van der Waals surface area contributed by atoms with Gasteiger partial charge in [0.1, 0.15) is 13.2 Å². The van der Waals surface area contributed by atoms with Gasteiger partial charge in [0.2, 0.25) is 0 Å². The number of benzene rings is 2. The van der Waals surface area contributed by atoms with E-state index in [1.165, 1.54) is 0 Å². The summed E-state index contributed by atoms with van der Waals surface area (Å²) in [5.41, 5.74) is 2.65. The van der Waals surface area contributed by atoms with Gasteiger partial charge in [-0.1, -0.05) is 23.7 Å². The third-order valence-corrected chi connectivity index (χ3v) is 4.48. The molecule has 1 aliphatic heterocycles. The normalized spacial score (nSPS) is 12.6. The molecule has 0 aliphatic carbocycles. The van der Waals surface area contributed by atoms with E-state index in [2.05, 4.69) is 5.32 Å².